The third-order valence-electron chi connectivity index (χ3n) is 3.17. The highest BCUT2D eigenvalue weighted by Gasteiger charge is 2.33. The van der Waals surface area contributed by atoms with E-state index in [1.54, 1.807) is 0 Å². The molecule has 0 bridgehead atoms. The van der Waals surface area contributed by atoms with Crippen molar-refractivity contribution in [3.8, 4) is 5.75 Å². The van der Waals surface area contributed by atoms with Gasteiger partial charge in [-0.1, -0.05) is 0 Å². The van der Waals surface area contributed by atoms with E-state index in [0.29, 0.717) is 19.6 Å². The number of nitrogens with zero attached hydrogens (tertiary/aromatic N) is 1. The van der Waals surface area contributed by atoms with Crippen molar-refractivity contribution in [2.45, 2.75) is 19.0 Å². The molecule has 0 radical (unpaired) electrons. The highest BCUT2D eigenvalue weighted by atomic mass is 19.4. The average Bonchev–Trinajstić information content (AvgIpc) is 2.47. The maximum Gasteiger partial charge on any atom is 0.433 e. The lowest BCUT2D eigenvalue weighted by Crippen LogP contribution is -2.30. The molecule has 1 amide bonds. The maximum absolute atomic E-state index is 12.6. The largest absolute Gasteiger partial charge is 0.494 e. The van der Waals surface area contributed by atoms with Gasteiger partial charge in [0.1, 0.15) is 17.1 Å². The zero-order valence-electron chi connectivity index (χ0n) is 11.4. The number of rotatable bonds is 3. The van der Waals surface area contributed by atoms with Crippen molar-refractivity contribution in [3.63, 3.8) is 0 Å². The van der Waals surface area contributed by atoms with Crippen LogP contribution in [0.2, 0.25) is 0 Å². The van der Waals surface area contributed by atoms with Crippen molar-refractivity contribution in [2.24, 2.45) is 5.92 Å². The van der Waals surface area contributed by atoms with Crippen LogP contribution in [0.5, 0.6) is 5.75 Å². The van der Waals surface area contributed by atoms with E-state index in [2.05, 4.69) is 10.3 Å². The van der Waals surface area contributed by atoms with Crippen LogP contribution in [0.25, 0.3) is 0 Å². The van der Waals surface area contributed by atoms with Crippen LogP contribution in [0.15, 0.2) is 12.3 Å². The van der Waals surface area contributed by atoms with Gasteiger partial charge in [-0.25, -0.2) is 4.98 Å². The number of nitrogens with one attached hydrogen (secondary N) is 1. The summed E-state index contributed by atoms with van der Waals surface area (Å²) < 4.78 is 47.8. The zero-order chi connectivity index (χ0) is 15.5. The minimum absolute atomic E-state index is 0.0811. The zero-order valence-corrected chi connectivity index (χ0v) is 11.4. The molecule has 21 heavy (non-hydrogen) atoms. The second kappa shape index (κ2) is 6.30. The molecule has 116 valence electrons. The van der Waals surface area contributed by atoms with Gasteiger partial charge in [-0.15, -0.1) is 0 Å². The number of carbonyl (C=O) groups is 1. The Balaban J connectivity index is 2.14. The lowest BCUT2D eigenvalue weighted by molar-refractivity contribution is -0.141. The number of aromatic nitrogens is 1. The Morgan fingerprint density at radius 2 is 2.29 bits per heavy atom. The summed E-state index contributed by atoms with van der Waals surface area (Å²) in [5.41, 5.74) is -0.959. The van der Waals surface area contributed by atoms with Crippen molar-refractivity contribution < 1.29 is 27.4 Å². The van der Waals surface area contributed by atoms with Crippen LogP contribution in [0, 0.1) is 5.92 Å². The summed E-state index contributed by atoms with van der Waals surface area (Å²) >= 11 is 0. The van der Waals surface area contributed by atoms with Gasteiger partial charge >= 0.3 is 6.18 Å². The number of anilines is 1. The molecule has 0 aliphatic carbocycles. The number of halogens is 3. The van der Waals surface area contributed by atoms with Crippen LogP contribution in [0.4, 0.5) is 18.9 Å². The third-order valence-corrected chi connectivity index (χ3v) is 3.17. The summed E-state index contributed by atoms with van der Waals surface area (Å²) in [5.74, 6) is -0.706. The number of hydrogen-bond donors (Lipinski definition) is 1. The normalized spacial score (nSPS) is 19.1. The van der Waals surface area contributed by atoms with Gasteiger partial charge in [-0.05, 0) is 12.8 Å². The van der Waals surface area contributed by atoms with E-state index in [0.717, 1.165) is 18.7 Å². The molecule has 1 aromatic heterocycles. The van der Waals surface area contributed by atoms with Crippen LogP contribution >= 0.6 is 0 Å². The van der Waals surface area contributed by atoms with Crippen LogP contribution in [0.3, 0.4) is 0 Å². The van der Waals surface area contributed by atoms with Gasteiger partial charge in [0.2, 0.25) is 5.91 Å². The molecular formula is C13H15F3N2O3. The topological polar surface area (TPSA) is 60.5 Å². The Bertz CT molecular complexity index is 514. The Hall–Kier alpha value is -1.83. The molecule has 1 aliphatic heterocycles. The van der Waals surface area contributed by atoms with Gasteiger partial charge in [0.05, 0.1) is 25.8 Å². The van der Waals surface area contributed by atoms with Crippen molar-refractivity contribution in [3.05, 3.63) is 18.0 Å². The number of amides is 1. The quantitative estimate of drug-likeness (QED) is 0.932. The average molecular weight is 304 g/mol. The van der Waals surface area contributed by atoms with E-state index in [9.17, 15) is 18.0 Å². The summed E-state index contributed by atoms with van der Waals surface area (Å²) in [5, 5.41) is 2.54. The Labute approximate surface area is 119 Å². The van der Waals surface area contributed by atoms with E-state index in [1.165, 1.54) is 7.11 Å². The number of hydrogen-bond acceptors (Lipinski definition) is 4. The molecule has 0 aromatic carbocycles. The summed E-state index contributed by atoms with van der Waals surface area (Å²) in [6.45, 7) is 0.928. The number of carbonyl (C=O) groups excluding carboxylic acids is 1. The molecular weight excluding hydrogens is 289 g/mol. The first-order valence-corrected chi connectivity index (χ1v) is 6.41. The molecule has 1 saturated heterocycles. The molecule has 2 heterocycles. The van der Waals surface area contributed by atoms with Gasteiger partial charge in [-0.2, -0.15) is 13.2 Å². The fourth-order valence-electron chi connectivity index (χ4n) is 2.04. The number of ether oxygens (including phenoxy) is 2. The summed E-state index contributed by atoms with van der Waals surface area (Å²) in [6.07, 6.45) is -2.15. The first-order valence-electron chi connectivity index (χ1n) is 6.41. The van der Waals surface area contributed by atoms with Crippen molar-refractivity contribution in [1.82, 2.24) is 4.98 Å². The van der Waals surface area contributed by atoms with Gasteiger partial charge < -0.3 is 14.8 Å². The molecule has 1 N–H and O–H groups in total. The molecule has 5 nitrogen and oxygen atoms in total. The minimum Gasteiger partial charge on any atom is -0.494 e. The van der Waals surface area contributed by atoms with Crippen LogP contribution in [-0.2, 0) is 15.7 Å². The highest BCUT2D eigenvalue weighted by molar-refractivity contribution is 5.93. The first kappa shape index (κ1) is 15.6. The molecule has 1 aromatic rings. The molecule has 0 unspecified atom stereocenters. The van der Waals surface area contributed by atoms with Gasteiger partial charge in [0.25, 0.3) is 0 Å². The summed E-state index contributed by atoms with van der Waals surface area (Å²) in [4.78, 5) is 15.3. The van der Waals surface area contributed by atoms with Crippen LogP contribution in [-0.4, -0.2) is 31.2 Å². The molecule has 1 aliphatic rings. The number of methoxy groups -OCH3 is 1. The highest BCUT2D eigenvalue weighted by Crippen LogP contribution is 2.33. The second-order valence-electron chi connectivity index (χ2n) is 4.67. The van der Waals surface area contributed by atoms with Gasteiger partial charge in [0.15, 0.2) is 0 Å². The Morgan fingerprint density at radius 3 is 2.86 bits per heavy atom. The predicted octanol–water partition coefficient (Wildman–Crippen LogP) is 2.47. The van der Waals surface area contributed by atoms with E-state index in [-0.39, 0.29) is 23.3 Å². The van der Waals surface area contributed by atoms with Crippen LogP contribution in [0.1, 0.15) is 18.5 Å². The molecule has 1 fully saturated rings. The maximum atomic E-state index is 12.6. The van der Waals surface area contributed by atoms with E-state index in [1.807, 2.05) is 0 Å². The Morgan fingerprint density at radius 1 is 1.52 bits per heavy atom. The van der Waals surface area contributed by atoms with Gasteiger partial charge in [-0.3, -0.25) is 4.79 Å². The standard InChI is InChI=1S/C13H15F3N2O3/c1-20-10-5-11(13(14,15)16)17-6-9(10)18-12(19)8-3-2-4-21-7-8/h5-6,8H,2-4,7H2,1H3,(H,18,19)/t8-/m0/s1. The lowest BCUT2D eigenvalue weighted by atomic mass is 10.0. The monoisotopic (exact) mass is 304 g/mol. The van der Waals surface area contributed by atoms with Crippen molar-refractivity contribution >= 4 is 11.6 Å². The predicted molar refractivity (Wildman–Crippen MR) is 68.0 cm³/mol. The van der Waals surface area contributed by atoms with E-state index < -0.39 is 11.9 Å². The Kier molecular flexibility index (Phi) is 4.66. The van der Waals surface area contributed by atoms with Gasteiger partial charge in [0, 0.05) is 12.7 Å². The second-order valence-corrected chi connectivity index (χ2v) is 4.67. The summed E-state index contributed by atoms with van der Waals surface area (Å²) in [6, 6.07) is 0.757. The molecule has 8 heteroatoms. The smallest absolute Gasteiger partial charge is 0.433 e. The number of alkyl halides is 3. The SMILES string of the molecule is COc1cc(C(F)(F)F)ncc1NC(=O)[C@H]1CCCOC1. The lowest BCUT2D eigenvalue weighted by Gasteiger charge is -2.21. The minimum atomic E-state index is -4.56. The van der Waals surface area contributed by atoms with E-state index >= 15 is 0 Å². The molecule has 1 atom stereocenters. The third kappa shape index (κ3) is 3.84. The first-order chi connectivity index (χ1) is 9.91. The van der Waals surface area contributed by atoms with Crippen molar-refractivity contribution in [2.75, 3.05) is 25.6 Å². The molecule has 0 spiro atoms. The molecule has 2 rings (SSSR count). The number of pyridine rings is 1. The van der Waals surface area contributed by atoms with E-state index in [4.69, 9.17) is 9.47 Å². The molecule has 0 saturated carbocycles. The van der Waals surface area contributed by atoms with Crippen LogP contribution < -0.4 is 10.1 Å². The van der Waals surface area contributed by atoms with Crippen molar-refractivity contribution in [1.29, 1.82) is 0 Å². The fourth-order valence-corrected chi connectivity index (χ4v) is 2.04. The summed E-state index contributed by atoms with van der Waals surface area (Å²) in [7, 11) is 1.23. The fraction of sp³-hybridized carbons (Fsp3) is 0.538.